The number of nitrogens with zero attached hydrogens (tertiary/aromatic N) is 1. The second-order valence-electron chi connectivity index (χ2n) is 11.2. The molecule has 0 fully saturated rings. The summed E-state index contributed by atoms with van der Waals surface area (Å²) in [6.07, 6.45) is 3.06. The minimum absolute atomic E-state index is 0.0513. The molecule has 0 aliphatic carbocycles. The van der Waals surface area contributed by atoms with Crippen LogP contribution in [-0.2, 0) is 17.6 Å². The lowest BCUT2D eigenvalue weighted by molar-refractivity contribution is -0.120. The highest BCUT2D eigenvalue weighted by atomic mass is 19.1. The third-order valence-corrected chi connectivity index (χ3v) is 5.91. The molecule has 0 bridgehead atoms. The summed E-state index contributed by atoms with van der Waals surface area (Å²) in [6.45, 7) is 12.3. The van der Waals surface area contributed by atoms with Crippen molar-refractivity contribution in [3.8, 4) is 5.88 Å². The van der Waals surface area contributed by atoms with Crippen LogP contribution in [0.5, 0.6) is 5.88 Å². The molecule has 3 atom stereocenters. The normalized spacial score (nSPS) is 19.0. The van der Waals surface area contributed by atoms with E-state index in [1.807, 2.05) is 20.0 Å². The van der Waals surface area contributed by atoms with Crippen molar-refractivity contribution in [1.82, 2.24) is 15.6 Å². The molecule has 7 heteroatoms. The standard InChI is InChI=1S/C27H38FN3O3/c1-17(32)31-22(12-18-7-9-20(28)10-8-18)24(33)16-29-23-14-27(5,6)34-25-21(23)11-19(15-30-25)13-26(2,3)4/h7-11,15,22-24,29,33H,12-14,16H2,1-6H3,(H,31,32)/t22-,23-,24+/m0/s1. The molecule has 0 spiro atoms. The number of halogens is 1. The molecular weight excluding hydrogens is 433 g/mol. The van der Waals surface area contributed by atoms with Crippen molar-refractivity contribution in [2.24, 2.45) is 5.41 Å². The molecule has 3 rings (SSSR count). The Labute approximate surface area is 202 Å². The summed E-state index contributed by atoms with van der Waals surface area (Å²) in [5.41, 5.74) is 2.71. The van der Waals surface area contributed by atoms with Crippen molar-refractivity contribution < 1.29 is 19.0 Å². The van der Waals surface area contributed by atoms with Crippen molar-refractivity contribution in [3.63, 3.8) is 0 Å². The maximum Gasteiger partial charge on any atom is 0.218 e. The minimum atomic E-state index is -0.839. The van der Waals surface area contributed by atoms with E-state index in [0.717, 1.165) is 29.5 Å². The van der Waals surface area contributed by atoms with Gasteiger partial charge < -0.3 is 20.5 Å². The van der Waals surface area contributed by atoms with Gasteiger partial charge in [-0.15, -0.1) is 0 Å². The van der Waals surface area contributed by atoms with E-state index in [9.17, 15) is 14.3 Å². The number of carbonyl (C=O) groups excluding carboxylic acids is 1. The van der Waals surface area contributed by atoms with Crippen LogP contribution in [-0.4, -0.2) is 40.3 Å². The van der Waals surface area contributed by atoms with Gasteiger partial charge in [0.15, 0.2) is 0 Å². The molecule has 34 heavy (non-hydrogen) atoms. The fraction of sp³-hybridized carbons (Fsp3) is 0.556. The number of amides is 1. The Hall–Kier alpha value is -2.51. The molecule has 0 radical (unpaired) electrons. The molecule has 186 valence electrons. The summed E-state index contributed by atoms with van der Waals surface area (Å²) in [5.74, 6) is 0.0765. The first-order valence-electron chi connectivity index (χ1n) is 11.9. The van der Waals surface area contributed by atoms with E-state index in [1.54, 1.807) is 12.1 Å². The first kappa shape index (κ1) is 26.1. The zero-order valence-electron chi connectivity index (χ0n) is 21.1. The van der Waals surface area contributed by atoms with Gasteiger partial charge in [0.25, 0.3) is 0 Å². The first-order valence-corrected chi connectivity index (χ1v) is 11.9. The molecule has 1 aliphatic heterocycles. The highest BCUT2D eigenvalue weighted by Gasteiger charge is 2.35. The number of nitrogens with one attached hydrogen (secondary N) is 2. The maximum absolute atomic E-state index is 13.3. The van der Waals surface area contributed by atoms with E-state index >= 15 is 0 Å². The Morgan fingerprint density at radius 1 is 1.26 bits per heavy atom. The van der Waals surface area contributed by atoms with Crippen LogP contribution >= 0.6 is 0 Å². The van der Waals surface area contributed by atoms with E-state index < -0.39 is 17.7 Å². The topological polar surface area (TPSA) is 83.5 Å². The van der Waals surface area contributed by atoms with E-state index in [2.05, 4.69) is 42.5 Å². The minimum Gasteiger partial charge on any atom is -0.471 e. The van der Waals surface area contributed by atoms with E-state index in [-0.39, 0.29) is 29.7 Å². The van der Waals surface area contributed by atoms with Crippen LogP contribution in [0.1, 0.15) is 70.7 Å². The van der Waals surface area contributed by atoms with Crippen molar-refractivity contribution in [1.29, 1.82) is 0 Å². The summed E-state index contributed by atoms with van der Waals surface area (Å²) >= 11 is 0. The molecule has 2 heterocycles. The van der Waals surface area contributed by atoms with Gasteiger partial charge in [0.1, 0.15) is 11.4 Å². The second-order valence-corrected chi connectivity index (χ2v) is 11.2. The van der Waals surface area contributed by atoms with Crippen molar-refractivity contribution in [2.75, 3.05) is 6.54 Å². The fourth-order valence-corrected chi connectivity index (χ4v) is 4.47. The quantitative estimate of drug-likeness (QED) is 0.540. The van der Waals surface area contributed by atoms with E-state index in [0.29, 0.717) is 12.3 Å². The number of benzene rings is 1. The lowest BCUT2D eigenvalue weighted by Gasteiger charge is -2.38. The van der Waals surface area contributed by atoms with Gasteiger partial charge in [-0.1, -0.05) is 32.9 Å². The molecule has 6 nitrogen and oxygen atoms in total. The molecule has 0 saturated heterocycles. The summed E-state index contributed by atoms with van der Waals surface area (Å²) in [6, 6.07) is 7.70. The van der Waals surface area contributed by atoms with Gasteiger partial charge in [0.05, 0.1) is 12.1 Å². The van der Waals surface area contributed by atoms with E-state index in [1.165, 1.54) is 19.1 Å². The average molecular weight is 472 g/mol. The SMILES string of the molecule is CC(=O)N[C@@H](Cc1ccc(F)cc1)[C@H](O)CN[C@H]1CC(C)(C)Oc2ncc(CC(C)(C)C)cc21. The largest absolute Gasteiger partial charge is 0.471 e. The van der Waals surface area contributed by atoms with Gasteiger partial charge in [-0.3, -0.25) is 4.79 Å². The molecule has 1 aromatic carbocycles. The van der Waals surface area contributed by atoms with Crippen LogP contribution in [0.25, 0.3) is 0 Å². The summed E-state index contributed by atoms with van der Waals surface area (Å²) in [5, 5.41) is 17.3. The van der Waals surface area contributed by atoms with Gasteiger partial charge in [-0.25, -0.2) is 9.37 Å². The predicted octanol–water partition coefficient (Wildman–Crippen LogP) is 4.11. The third-order valence-electron chi connectivity index (χ3n) is 5.91. The van der Waals surface area contributed by atoms with Gasteiger partial charge in [0, 0.05) is 37.7 Å². The van der Waals surface area contributed by atoms with Crippen LogP contribution in [0, 0.1) is 11.2 Å². The van der Waals surface area contributed by atoms with Gasteiger partial charge in [-0.05, 0) is 61.4 Å². The average Bonchev–Trinajstić information content (AvgIpc) is 2.71. The fourth-order valence-electron chi connectivity index (χ4n) is 4.47. The number of aliphatic hydroxyl groups excluding tert-OH is 1. The molecule has 1 aromatic heterocycles. The van der Waals surface area contributed by atoms with Gasteiger partial charge in [-0.2, -0.15) is 0 Å². The summed E-state index contributed by atoms with van der Waals surface area (Å²) in [4.78, 5) is 16.4. The third kappa shape index (κ3) is 7.50. The highest BCUT2D eigenvalue weighted by molar-refractivity contribution is 5.73. The number of carbonyl (C=O) groups is 1. The Bertz CT molecular complexity index is 986. The number of rotatable bonds is 8. The Balaban J connectivity index is 1.75. The van der Waals surface area contributed by atoms with Crippen LogP contribution in [0.2, 0.25) is 0 Å². The van der Waals surface area contributed by atoms with E-state index in [4.69, 9.17) is 4.74 Å². The molecule has 0 saturated carbocycles. The van der Waals surface area contributed by atoms with Crippen molar-refractivity contribution >= 4 is 5.91 Å². The zero-order chi connectivity index (χ0) is 25.1. The molecule has 3 N–H and O–H groups in total. The maximum atomic E-state index is 13.3. The monoisotopic (exact) mass is 471 g/mol. The van der Waals surface area contributed by atoms with Gasteiger partial charge in [0.2, 0.25) is 11.8 Å². The van der Waals surface area contributed by atoms with Gasteiger partial charge >= 0.3 is 0 Å². The number of hydrogen-bond donors (Lipinski definition) is 3. The molecule has 1 amide bonds. The Kier molecular flexibility index (Phi) is 7.98. The predicted molar refractivity (Wildman–Crippen MR) is 131 cm³/mol. The van der Waals surface area contributed by atoms with Crippen LogP contribution in [0.3, 0.4) is 0 Å². The molecular formula is C27H38FN3O3. The molecule has 2 aromatic rings. The number of pyridine rings is 1. The van der Waals surface area contributed by atoms with Crippen molar-refractivity contribution in [3.05, 3.63) is 59.0 Å². The number of ether oxygens (including phenoxy) is 1. The zero-order valence-corrected chi connectivity index (χ0v) is 21.1. The Morgan fingerprint density at radius 2 is 1.94 bits per heavy atom. The lowest BCUT2D eigenvalue weighted by Crippen LogP contribution is -2.49. The number of hydrogen-bond acceptors (Lipinski definition) is 5. The number of aromatic nitrogens is 1. The molecule has 0 unspecified atom stereocenters. The lowest BCUT2D eigenvalue weighted by atomic mass is 9.86. The van der Waals surface area contributed by atoms with Crippen molar-refractivity contribution in [2.45, 2.75) is 84.6 Å². The first-order chi connectivity index (χ1) is 15.8. The van der Waals surface area contributed by atoms with Crippen LogP contribution in [0.15, 0.2) is 36.5 Å². The second kappa shape index (κ2) is 10.4. The summed E-state index contributed by atoms with van der Waals surface area (Å²) < 4.78 is 19.4. The number of aliphatic hydroxyl groups is 1. The number of fused-ring (bicyclic) bond motifs is 1. The summed E-state index contributed by atoms with van der Waals surface area (Å²) in [7, 11) is 0. The Morgan fingerprint density at radius 3 is 2.56 bits per heavy atom. The van der Waals surface area contributed by atoms with Crippen LogP contribution in [0.4, 0.5) is 4.39 Å². The molecule has 1 aliphatic rings. The van der Waals surface area contributed by atoms with Crippen LogP contribution < -0.4 is 15.4 Å². The smallest absolute Gasteiger partial charge is 0.218 e. The highest BCUT2D eigenvalue weighted by Crippen LogP contribution is 2.39.